The maximum absolute atomic E-state index is 11.8. The summed E-state index contributed by atoms with van der Waals surface area (Å²) in [6, 6.07) is 0. The number of hydrogen-bond acceptors (Lipinski definition) is 6. The Kier molecular flexibility index (Phi) is 25.3. The third kappa shape index (κ3) is 26.7. The van der Waals surface area contributed by atoms with Gasteiger partial charge in [-0.1, -0.05) is 101 Å². The van der Waals surface area contributed by atoms with Crippen molar-refractivity contribution in [2.45, 2.75) is 122 Å². The first kappa shape index (κ1) is 34.8. The number of rotatable bonds is 24. The summed E-state index contributed by atoms with van der Waals surface area (Å²) < 4.78 is 10.1. The largest absolute Gasteiger partial charge is 0.463 e. The fourth-order valence-corrected chi connectivity index (χ4v) is 3.39. The molecule has 0 saturated heterocycles. The molecular weight excluding hydrogens is 468 g/mol. The van der Waals surface area contributed by atoms with Gasteiger partial charge in [0.2, 0.25) is 0 Å². The van der Waals surface area contributed by atoms with Gasteiger partial charge in [-0.2, -0.15) is 0 Å². The van der Waals surface area contributed by atoms with Crippen molar-refractivity contribution >= 4 is 11.9 Å². The number of aliphatic hydroxyl groups excluding tert-OH is 2. The van der Waals surface area contributed by atoms with E-state index in [1.165, 1.54) is 25.7 Å². The normalized spacial score (nSPS) is 13.7. The summed E-state index contributed by atoms with van der Waals surface area (Å²) in [7, 11) is 0. The van der Waals surface area contributed by atoms with Crippen molar-refractivity contribution in [1.82, 2.24) is 0 Å². The molecule has 2 N–H and O–H groups in total. The van der Waals surface area contributed by atoms with Crippen LogP contribution in [-0.4, -0.2) is 47.6 Å². The molecule has 0 bridgehead atoms. The number of aliphatic hydroxyl groups is 2. The van der Waals surface area contributed by atoms with Crippen LogP contribution in [-0.2, 0) is 19.1 Å². The number of unbranched alkanes of at least 4 members (excludes halogenated alkanes) is 8. The summed E-state index contributed by atoms with van der Waals surface area (Å²) in [5.41, 5.74) is 0. The first-order valence-electron chi connectivity index (χ1n) is 14.3. The SMILES string of the molecule is CCCCC/C=C\C=C/[C@@H](O)C/C=C\C/C=C/CCCC(=O)OC[C@H](O)COC(=O)CCCCCCC. The first-order valence-corrected chi connectivity index (χ1v) is 14.3. The molecule has 0 aliphatic heterocycles. The van der Waals surface area contributed by atoms with Crippen LogP contribution in [0.25, 0.3) is 0 Å². The second-order valence-electron chi connectivity index (χ2n) is 9.37. The quantitative estimate of drug-likeness (QED) is 0.0622. The fraction of sp³-hybridized carbons (Fsp3) is 0.677. The van der Waals surface area contributed by atoms with E-state index in [9.17, 15) is 19.8 Å². The van der Waals surface area contributed by atoms with Gasteiger partial charge in [0.15, 0.2) is 0 Å². The lowest BCUT2D eigenvalue weighted by atomic mass is 10.1. The monoisotopic (exact) mass is 520 g/mol. The zero-order valence-corrected chi connectivity index (χ0v) is 23.3. The van der Waals surface area contributed by atoms with Crippen molar-refractivity contribution in [2.24, 2.45) is 0 Å². The molecule has 0 aliphatic rings. The number of carbonyl (C=O) groups is 2. The van der Waals surface area contributed by atoms with Gasteiger partial charge < -0.3 is 19.7 Å². The van der Waals surface area contributed by atoms with Crippen LogP contribution in [0.15, 0.2) is 48.6 Å². The van der Waals surface area contributed by atoms with Crippen molar-refractivity contribution in [3.8, 4) is 0 Å². The average Bonchev–Trinajstić information content (AvgIpc) is 2.89. The number of carbonyl (C=O) groups excluding carboxylic acids is 2. The lowest BCUT2D eigenvalue weighted by molar-refractivity contribution is -0.152. The van der Waals surface area contributed by atoms with Gasteiger partial charge in [-0.25, -0.2) is 0 Å². The van der Waals surface area contributed by atoms with Gasteiger partial charge in [0.1, 0.15) is 19.3 Å². The van der Waals surface area contributed by atoms with Crippen molar-refractivity contribution in [2.75, 3.05) is 13.2 Å². The molecule has 0 aliphatic carbocycles. The molecular formula is C31H52O6. The maximum Gasteiger partial charge on any atom is 0.305 e. The number of allylic oxidation sites excluding steroid dienone is 6. The second kappa shape index (κ2) is 26.9. The predicted molar refractivity (Wildman–Crippen MR) is 151 cm³/mol. The minimum absolute atomic E-state index is 0.152. The Bertz CT molecular complexity index is 665. The molecule has 0 saturated carbocycles. The van der Waals surface area contributed by atoms with Gasteiger partial charge in [-0.15, -0.1) is 0 Å². The lowest BCUT2D eigenvalue weighted by Gasteiger charge is -2.12. The van der Waals surface area contributed by atoms with E-state index in [-0.39, 0.29) is 31.6 Å². The Morgan fingerprint density at radius 1 is 0.676 bits per heavy atom. The van der Waals surface area contributed by atoms with Crippen LogP contribution in [0.4, 0.5) is 0 Å². The van der Waals surface area contributed by atoms with E-state index >= 15 is 0 Å². The molecule has 2 atom stereocenters. The van der Waals surface area contributed by atoms with E-state index < -0.39 is 12.2 Å². The average molecular weight is 521 g/mol. The fourth-order valence-electron chi connectivity index (χ4n) is 3.39. The highest BCUT2D eigenvalue weighted by Crippen LogP contribution is 2.06. The maximum atomic E-state index is 11.8. The third-order valence-corrected chi connectivity index (χ3v) is 5.65. The molecule has 6 heteroatoms. The molecule has 0 amide bonds. The summed E-state index contributed by atoms with van der Waals surface area (Å²) in [5, 5.41) is 19.8. The first-order chi connectivity index (χ1) is 18.0. The van der Waals surface area contributed by atoms with E-state index in [2.05, 4.69) is 19.9 Å². The van der Waals surface area contributed by atoms with E-state index in [0.29, 0.717) is 19.3 Å². The van der Waals surface area contributed by atoms with Gasteiger partial charge in [0.05, 0.1) is 6.10 Å². The van der Waals surface area contributed by atoms with Crippen molar-refractivity contribution in [3.63, 3.8) is 0 Å². The van der Waals surface area contributed by atoms with E-state index in [0.717, 1.165) is 44.9 Å². The zero-order chi connectivity index (χ0) is 27.4. The highest BCUT2D eigenvalue weighted by Gasteiger charge is 2.11. The molecule has 0 fully saturated rings. The van der Waals surface area contributed by atoms with Gasteiger partial charge >= 0.3 is 11.9 Å². The minimum atomic E-state index is -0.999. The summed E-state index contributed by atoms with van der Waals surface area (Å²) in [6.45, 7) is 4.02. The van der Waals surface area contributed by atoms with Gasteiger partial charge in [-0.05, 0) is 44.9 Å². The molecule has 6 nitrogen and oxygen atoms in total. The number of hydrogen-bond donors (Lipinski definition) is 2. The molecule has 0 aromatic heterocycles. The molecule has 0 rings (SSSR count). The molecule has 37 heavy (non-hydrogen) atoms. The summed E-state index contributed by atoms with van der Waals surface area (Å²) >= 11 is 0. The standard InChI is InChI=1S/C31H52O6/c1-3-5-7-9-11-15-18-22-28(32)23-19-16-12-10-13-17-21-25-31(35)37-27-29(33)26-36-30(34)24-20-14-8-6-4-2/h10-11,13,15-16,18-19,22,28-29,32-33H,3-9,12,14,17,20-21,23-27H2,1-2H3/b13-10+,15-11-,19-16-,22-18-/t28-,29-/m1/s1. The molecule has 0 radical (unpaired) electrons. The highest BCUT2D eigenvalue weighted by molar-refractivity contribution is 5.69. The zero-order valence-electron chi connectivity index (χ0n) is 23.3. The van der Waals surface area contributed by atoms with Crippen molar-refractivity contribution in [1.29, 1.82) is 0 Å². The van der Waals surface area contributed by atoms with Gasteiger partial charge in [-0.3, -0.25) is 9.59 Å². The van der Waals surface area contributed by atoms with Gasteiger partial charge in [0, 0.05) is 12.8 Å². The smallest absolute Gasteiger partial charge is 0.305 e. The third-order valence-electron chi connectivity index (χ3n) is 5.65. The molecule has 0 spiro atoms. The number of esters is 2. The Labute approximate surface area is 225 Å². The lowest BCUT2D eigenvalue weighted by Crippen LogP contribution is -2.25. The van der Waals surface area contributed by atoms with E-state index in [1.54, 1.807) is 6.08 Å². The molecule has 0 heterocycles. The van der Waals surface area contributed by atoms with Gasteiger partial charge in [0.25, 0.3) is 0 Å². The highest BCUT2D eigenvalue weighted by atomic mass is 16.6. The summed E-state index contributed by atoms with van der Waals surface area (Å²) in [5.74, 6) is -0.690. The topological polar surface area (TPSA) is 93.1 Å². The Hall–Kier alpha value is -2.18. The van der Waals surface area contributed by atoms with E-state index in [4.69, 9.17) is 9.47 Å². The van der Waals surface area contributed by atoms with Crippen LogP contribution in [0.2, 0.25) is 0 Å². The Morgan fingerprint density at radius 2 is 1.27 bits per heavy atom. The number of ether oxygens (including phenoxy) is 2. The van der Waals surface area contributed by atoms with Crippen LogP contribution in [0.5, 0.6) is 0 Å². The van der Waals surface area contributed by atoms with Crippen LogP contribution < -0.4 is 0 Å². The summed E-state index contributed by atoms with van der Waals surface area (Å²) in [4.78, 5) is 23.4. The van der Waals surface area contributed by atoms with Crippen LogP contribution >= 0.6 is 0 Å². The molecule has 0 unspecified atom stereocenters. The molecule has 212 valence electrons. The van der Waals surface area contributed by atoms with Crippen LogP contribution in [0.3, 0.4) is 0 Å². The minimum Gasteiger partial charge on any atom is -0.463 e. The predicted octanol–water partition coefficient (Wildman–Crippen LogP) is 6.91. The van der Waals surface area contributed by atoms with Crippen molar-refractivity contribution < 1.29 is 29.3 Å². The van der Waals surface area contributed by atoms with Crippen molar-refractivity contribution in [3.05, 3.63) is 48.6 Å². The molecule has 0 aromatic carbocycles. The van der Waals surface area contributed by atoms with Crippen LogP contribution in [0.1, 0.15) is 110 Å². The Balaban J connectivity index is 3.71. The van der Waals surface area contributed by atoms with Crippen LogP contribution in [0, 0.1) is 0 Å². The molecule has 0 aromatic rings. The van der Waals surface area contributed by atoms with E-state index in [1.807, 2.05) is 36.5 Å². The second-order valence-corrected chi connectivity index (χ2v) is 9.37. The Morgan fingerprint density at radius 3 is 1.97 bits per heavy atom. The summed E-state index contributed by atoms with van der Waals surface area (Å²) in [6.07, 6.45) is 27.9.